The van der Waals surface area contributed by atoms with Crippen LogP contribution in [0.15, 0.2) is 27.1 Å². The highest BCUT2D eigenvalue weighted by Gasteiger charge is 2.08. The lowest BCUT2D eigenvalue weighted by molar-refractivity contribution is 0.431. The zero-order valence-corrected chi connectivity index (χ0v) is 10.8. The minimum Gasteiger partial charge on any atom is -0.436 e. The van der Waals surface area contributed by atoms with Crippen LogP contribution < -0.4 is 5.32 Å². The Bertz CT molecular complexity index is 492. The first-order valence-electron chi connectivity index (χ1n) is 5.37. The summed E-state index contributed by atoms with van der Waals surface area (Å²) in [4.78, 5) is 12.6. The van der Waals surface area contributed by atoms with Crippen molar-refractivity contribution < 1.29 is 4.42 Å². The minimum atomic E-state index is 0.612. The van der Waals surface area contributed by atoms with Gasteiger partial charge in [-0.2, -0.15) is 0 Å². The van der Waals surface area contributed by atoms with Gasteiger partial charge >= 0.3 is 0 Å². The molecule has 0 aliphatic carbocycles. The molecule has 0 aliphatic rings. The maximum atomic E-state index is 5.49. The van der Waals surface area contributed by atoms with Crippen LogP contribution in [0.1, 0.15) is 18.4 Å². The molecule has 0 unspecified atom stereocenters. The monoisotopic (exact) mass is 250 g/mol. The molecule has 0 bridgehead atoms. The highest BCUT2D eigenvalue weighted by atomic mass is 32.2. The van der Waals surface area contributed by atoms with E-state index in [-0.39, 0.29) is 0 Å². The summed E-state index contributed by atoms with van der Waals surface area (Å²) in [6.07, 6.45) is 1.53. The molecule has 0 saturated heterocycles. The number of aryl methyl sites for hydroxylation is 2. The molecular weight excluding hydrogens is 236 g/mol. The number of oxazole rings is 1. The summed E-state index contributed by atoms with van der Waals surface area (Å²) in [6, 6.07) is 1.88. The zero-order chi connectivity index (χ0) is 12.3. The minimum absolute atomic E-state index is 0.612. The molecular formula is C11H14N4OS. The predicted molar refractivity (Wildman–Crippen MR) is 66.3 cm³/mol. The number of aromatic nitrogens is 3. The van der Waals surface area contributed by atoms with Crippen molar-refractivity contribution in [1.82, 2.24) is 15.0 Å². The number of nitrogens with zero attached hydrogens (tertiary/aromatic N) is 3. The molecule has 2 aromatic rings. The zero-order valence-electron chi connectivity index (χ0n) is 10.0. The van der Waals surface area contributed by atoms with Gasteiger partial charge in [0.15, 0.2) is 0 Å². The number of anilines is 1. The lowest BCUT2D eigenvalue weighted by Crippen LogP contribution is -1.99. The van der Waals surface area contributed by atoms with Gasteiger partial charge in [-0.15, -0.1) is 0 Å². The van der Waals surface area contributed by atoms with Gasteiger partial charge in [-0.1, -0.05) is 0 Å². The van der Waals surface area contributed by atoms with Crippen LogP contribution in [-0.2, 0) is 0 Å². The molecule has 0 saturated carbocycles. The molecule has 0 fully saturated rings. The highest BCUT2D eigenvalue weighted by molar-refractivity contribution is 7.99. The highest BCUT2D eigenvalue weighted by Crippen LogP contribution is 2.27. The summed E-state index contributed by atoms with van der Waals surface area (Å²) in [7, 11) is 0. The Morgan fingerprint density at radius 2 is 2.18 bits per heavy atom. The second-order valence-corrected chi connectivity index (χ2v) is 4.47. The fourth-order valence-corrected chi connectivity index (χ4v) is 2.05. The van der Waals surface area contributed by atoms with Crippen molar-refractivity contribution in [2.75, 3.05) is 11.9 Å². The van der Waals surface area contributed by atoms with Crippen molar-refractivity contribution in [3.63, 3.8) is 0 Å². The van der Waals surface area contributed by atoms with Crippen molar-refractivity contribution in [2.45, 2.75) is 31.0 Å². The summed E-state index contributed by atoms with van der Waals surface area (Å²) < 4.78 is 5.49. The van der Waals surface area contributed by atoms with Crippen LogP contribution in [0.5, 0.6) is 0 Å². The molecule has 6 heteroatoms. The van der Waals surface area contributed by atoms with Crippen molar-refractivity contribution in [3.8, 4) is 0 Å². The van der Waals surface area contributed by atoms with Crippen LogP contribution >= 0.6 is 11.8 Å². The van der Waals surface area contributed by atoms with Crippen molar-refractivity contribution >= 4 is 17.6 Å². The van der Waals surface area contributed by atoms with E-state index in [4.69, 9.17) is 4.42 Å². The normalized spacial score (nSPS) is 10.5. The number of nitrogens with one attached hydrogen (secondary N) is 1. The van der Waals surface area contributed by atoms with Crippen molar-refractivity contribution in [3.05, 3.63) is 23.8 Å². The van der Waals surface area contributed by atoms with Gasteiger partial charge in [0.2, 0.25) is 0 Å². The SMILES string of the molecule is CCNc1cc(Sc2nc(C)c(C)o2)ncn1. The largest absolute Gasteiger partial charge is 0.436 e. The van der Waals surface area contributed by atoms with Gasteiger partial charge in [0.1, 0.15) is 22.9 Å². The van der Waals surface area contributed by atoms with E-state index in [1.807, 2.05) is 26.8 Å². The smallest absolute Gasteiger partial charge is 0.262 e. The van der Waals surface area contributed by atoms with E-state index in [1.54, 1.807) is 0 Å². The molecule has 17 heavy (non-hydrogen) atoms. The summed E-state index contributed by atoms with van der Waals surface area (Å²) >= 11 is 1.39. The van der Waals surface area contributed by atoms with Crippen LogP contribution in [0, 0.1) is 13.8 Å². The molecule has 0 spiro atoms. The molecule has 5 nitrogen and oxygen atoms in total. The fraction of sp³-hybridized carbons (Fsp3) is 0.364. The lowest BCUT2D eigenvalue weighted by atomic mass is 10.4. The molecule has 1 N–H and O–H groups in total. The van der Waals surface area contributed by atoms with Crippen LogP contribution in [-0.4, -0.2) is 21.5 Å². The van der Waals surface area contributed by atoms with Crippen molar-refractivity contribution in [2.24, 2.45) is 0 Å². The molecule has 2 heterocycles. The van der Waals surface area contributed by atoms with E-state index in [0.717, 1.165) is 28.8 Å². The molecule has 2 aromatic heterocycles. The Morgan fingerprint density at radius 1 is 1.35 bits per heavy atom. The third kappa shape index (κ3) is 2.97. The van der Waals surface area contributed by atoms with Gasteiger partial charge in [-0.25, -0.2) is 15.0 Å². The molecule has 0 aliphatic heterocycles. The molecule has 2 rings (SSSR count). The third-order valence-electron chi connectivity index (χ3n) is 2.20. The fourth-order valence-electron chi connectivity index (χ4n) is 1.25. The Balaban J connectivity index is 2.15. The maximum absolute atomic E-state index is 5.49. The van der Waals surface area contributed by atoms with Gasteiger partial charge < -0.3 is 9.73 Å². The van der Waals surface area contributed by atoms with E-state index in [0.29, 0.717) is 5.22 Å². The van der Waals surface area contributed by atoms with Gasteiger partial charge in [-0.05, 0) is 32.5 Å². The van der Waals surface area contributed by atoms with Crippen molar-refractivity contribution in [1.29, 1.82) is 0 Å². The van der Waals surface area contributed by atoms with E-state index in [1.165, 1.54) is 18.1 Å². The van der Waals surface area contributed by atoms with Gasteiger partial charge in [0, 0.05) is 12.6 Å². The first kappa shape index (κ1) is 11.9. The molecule has 0 amide bonds. The molecule has 0 radical (unpaired) electrons. The van der Waals surface area contributed by atoms with Gasteiger partial charge in [0.25, 0.3) is 5.22 Å². The average Bonchev–Trinajstić information content (AvgIpc) is 2.59. The predicted octanol–water partition coefficient (Wildman–Crippen LogP) is 2.66. The second-order valence-electron chi connectivity index (χ2n) is 3.50. The van der Waals surface area contributed by atoms with Crippen LogP contribution in [0.3, 0.4) is 0 Å². The first-order valence-corrected chi connectivity index (χ1v) is 6.18. The Hall–Kier alpha value is -1.56. The van der Waals surface area contributed by atoms with Crippen LogP contribution in [0.25, 0.3) is 0 Å². The van der Waals surface area contributed by atoms with Crippen LogP contribution in [0.4, 0.5) is 5.82 Å². The molecule has 0 atom stereocenters. The van der Waals surface area contributed by atoms with E-state index >= 15 is 0 Å². The molecule has 0 aromatic carbocycles. The topological polar surface area (TPSA) is 63.8 Å². The maximum Gasteiger partial charge on any atom is 0.262 e. The van der Waals surface area contributed by atoms with E-state index in [2.05, 4.69) is 20.3 Å². The number of rotatable bonds is 4. The average molecular weight is 250 g/mol. The Labute approximate surface area is 104 Å². The van der Waals surface area contributed by atoms with Gasteiger partial charge in [-0.3, -0.25) is 0 Å². The second kappa shape index (κ2) is 5.18. The van der Waals surface area contributed by atoms with Crippen LogP contribution in [0.2, 0.25) is 0 Å². The number of hydrogen-bond donors (Lipinski definition) is 1. The first-order chi connectivity index (χ1) is 8.19. The van der Waals surface area contributed by atoms with E-state index in [9.17, 15) is 0 Å². The summed E-state index contributed by atoms with van der Waals surface area (Å²) in [5.41, 5.74) is 0.911. The summed E-state index contributed by atoms with van der Waals surface area (Å²) in [5.74, 6) is 1.65. The summed E-state index contributed by atoms with van der Waals surface area (Å²) in [5, 5.41) is 4.56. The standard InChI is InChI=1S/C11H14N4OS/c1-4-12-9-5-10(14-6-13-9)17-11-15-7(2)8(3)16-11/h5-6H,4H2,1-3H3,(H,12,13,14). The Kier molecular flexibility index (Phi) is 3.63. The Morgan fingerprint density at radius 3 is 2.82 bits per heavy atom. The quantitative estimate of drug-likeness (QED) is 0.842. The summed E-state index contributed by atoms with van der Waals surface area (Å²) in [6.45, 7) is 6.68. The van der Waals surface area contributed by atoms with E-state index < -0.39 is 0 Å². The number of hydrogen-bond acceptors (Lipinski definition) is 6. The molecule has 90 valence electrons. The lowest BCUT2D eigenvalue weighted by Gasteiger charge is -2.02. The third-order valence-corrected chi connectivity index (χ3v) is 2.98. The van der Waals surface area contributed by atoms with Gasteiger partial charge in [0.05, 0.1) is 5.69 Å².